The van der Waals surface area contributed by atoms with E-state index in [0.29, 0.717) is 13.0 Å². The van der Waals surface area contributed by atoms with E-state index in [1.807, 2.05) is 23.1 Å². The normalized spacial score (nSPS) is 17.9. The van der Waals surface area contributed by atoms with Crippen LogP contribution in [0.1, 0.15) is 38.2 Å². The molecule has 0 bridgehead atoms. The fourth-order valence-corrected chi connectivity index (χ4v) is 3.57. The highest BCUT2D eigenvalue weighted by atomic mass is 16.2. The number of nitrogens with one attached hydrogen (secondary N) is 1. The summed E-state index contributed by atoms with van der Waals surface area (Å²) in [5.74, 6) is 0.0538. The minimum Gasteiger partial charge on any atom is -0.325 e. The Labute approximate surface area is 137 Å². The van der Waals surface area contributed by atoms with Gasteiger partial charge >= 0.3 is 0 Å². The number of nitrogens with zero attached hydrogens (tertiary/aromatic N) is 2. The predicted molar refractivity (Wildman–Crippen MR) is 91.7 cm³/mol. The van der Waals surface area contributed by atoms with E-state index in [1.54, 1.807) is 0 Å². The Balaban J connectivity index is 1.68. The van der Waals surface area contributed by atoms with Crippen LogP contribution < -0.4 is 10.2 Å². The molecule has 5 heteroatoms. The van der Waals surface area contributed by atoms with Crippen molar-refractivity contribution in [2.45, 2.75) is 39.0 Å². The summed E-state index contributed by atoms with van der Waals surface area (Å²) in [6.45, 7) is 5.27. The van der Waals surface area contributed by atoms with Crippen molar-refractivity contribution in [3.63, 3.8) is 0 Å². The number of rotatable bonds is 4. The fraction of sp³-hybridized carbons (Fsp3) is 0.556. The van der Waals surface area contributed by atoms with Gasteiger partial charge in [0.1, 0.15) is 0 Å². The Hall–Kier alpha value is -1.88. The van der Waals surface area contributed by atoms with Crippen LogP contribution in [0.3, 0.4) is 0 Å². The minimum atomic E-state index is -0.106. The standard InChI is InChI=1S/C18H25N3O2/c1-14(22)19-16-7-5-6-15-8-13-21(18(15)16)17(23)9-12-20-10-3-2-4-11-20/h5-7H,2-4,8-13H2,1H3,(H,19,22). The van der Waals surface area contributed by atoms with Crippen LogP contribution in [-0.2, 0) is 16.0 Å². The van der Waals surface area contributed by atoms with Crippen LogP contribution in [0, 0.1) is 0 Å². The summed E-state index contributed by atoms with van der Waals surface area (Å²) in [6, 6.07) is 5.85. The fourth-order valence-electron chi connectivity index (χ4n) is 3.57. The third-order valence-corrected chi connectivity index (χ3v) is 4.70. The van der Waals surface area contributed by atoms with Gasteiger partial charge in [0.2, 0.25) is 11.8 Å². The zero-order valence-electron chi connectivity index (χ0n) is 13.8. The molecule has 5 nitrogen and oxygen atoms in total. The third kappa shape index (κ3) is 3.72. The maximum Gasteiger partial charge on any atom is 0.228 e. The number of anilines is 2. The minimum absolute atomic E-state index is 0.106. The first-order valence-electron chi connectivity index (χ1n) is 8.57. The van der Waals surface area contributed by atoms with E-state index in [4.69, 9.17) is 0 Å². The lowest BCUT2D eigenvalue weighted by molar-refractivity contribution is -0.119. The van der Waals surface area contributed by atoms with Gasteiger partial charge in [0.05, 0.1) is 11.4 Å². The van der Waals surface area contributed by atoms with Gasteiger partial charge in [0, 0.05) is 26.4 Å². The number of para-hydroxylation sites is 1. The van der Waals surface area contributed by atoms with E-state index in [-0.39, 0.29) is 11.8 Å². The third-order valence-electron chi connectivity index (χ3n) is 4.70. The number of fused-ring (bicyclic) bond motifs is 1. The first-order valence-corrected chi connectivity index (χ1v) is 8.57. The molecule has 2 aliphatic rings. The van der Waals surface area contributed by atoms with Gasteiger partial charge in [-0.3, -0.25) is 9.59 Å². The van der Waals surface area contributed by atoms with Gasteiger partial charge in [-0.05, 0) is 44.0 Å². The first-order chi connectivity index (χ1) is 11.1. The Morgan fingerprint density at radius 3 is 2.65 bits per heavy atom. The van der Waals surface area contributed by atoms with Crippen LogP contribution in [0.5, 0.6) is 0 Å². The first kappa shape index (κ1) is 16.0. The smallest absolute Gasteiger partial charge is 0.228 e. The van der Waals surface area contributed by atoms with Gasteiger partial charge in [-0.15, -0.1) is 0 Å². The van der Waals surface area contributed by atoms with Crippen LogP contribution in [0.2, 0.25) is 0 Å². The SMILES string of the molecule is CC(=O)Nc1cccc2c1N(C(=O)CCN1CCCCC1)CC2. The monoisotopic (exact) mass is 315 g/mol. The molecule has 1 N–H and O–H groups in total. The largest absolute Gasteiger partial charge is 0.325 e. The second-order valence-corrected chi connectivity index (χ2v) is 6.44. The lowest BCUT2D eigenvalue weighted by atomic mass is 10.1. The molecule has 0 atom stereocenters. The Morgan fingerprint density at radius 1 is 1.13 bits per heavy atom. The molecule has 2 heterocycles. The van der Waals surface area contributed by atoms with Crippen LogP contribution >= 0.6 is 0 Å². The van der Waals surface area contributed by atoms with Gasteiger partial charge < -0.3 is 15.1 Å². The summed E-state index contributed by atoms with van der Waals surface area (Å²) in [5, 5.41) is 2.85. The molecule has 0 aliphatic carbocycles. The zero-order valence-corrected chi connectivity index (χ0v) is 13.8. The summed E-state index contributed by atoms with van der Waals surface area (Å²) < 4.78 is 0. The van der Waals surface area contributed by atoms with Crippen LogP contribution in [-0.4, -0.2) is 42.9 Å². The van der Waals surface area contributed by atoms with E-state index in [0.717, 1.165) is 43.0 Å². The van der Waals surface area contributed by atoms with Crippen LogP contribution in [0.4, 0.5) is 11.4 Å². The molecule has 0 saturated carbocycles. The molecule has 0 spiro atoms. The molecule has 0 aromatic heterocycles. The van der Waals surface area contributed by atoms with Crippen molar-refractivity contribution in [3.05, 3.63) is 23.8 Å². The quantitative estimate of drug-likeness (QED) is 0.928. The molecule has 2 amide bonds. The molecule has 1 saturated heterocycles. The van der Waals surface area contributed by atoms with Crippen LogP contribution in [0.25, 0.3) is 0 Å². The highest BCUT2D eigenvalue weighted by Crippen LogP contribution is 2.36. The Kier molecular flexibility index (Phi) is 4.96. The molecule has 3 rings (SSSR count). The number of carbonyl (C=O) groups is 2. The Morgan fingerprint density at radius 2 is 1.91 bits per heavy atom. The van der Waals surface area contributed by atoms with Gasteiger partial charge in [-0.1, -0.05) is 18.6 Å². The summed E-state index contributed by atoms with van der Waals surface area (Å²) in [6.07, 6.45) is 5.21. The number of hydrogen-bond acceptors (Lipinski definition) is 3. The molecule has 23 heavy (non-hydrogen) atoms. The van der Waals surface area contributed by atoms with Crippen LogP contribution in [0.15, 0.2) is 18.2 Å². The second kappa shape index (κ2) is 7.13. The molecule has 124 valence electrons. The van der Waals surface area contributed by atoms with Crippen molar-refractivity contribution in [3.8, 4) is 0 Å². The highest BCUT2D eigenvalue weighted by molar-refractivity contribution is 6.02. The second-order valence-electron chi connectivity index (χ2n) is 6.44. The summed E-state index contributed by atoms with van der Waals surface area (Å²) in [5.41, 5.74) is 2.78. The number of piperidine rings is 1. The van der Waals surface area contributed by atoms with Gasteiger partial charge in [-0.2, -0.15) is 0 Å². The van der Waals surface area contributed by atoms with E-state index in [9.17, 15) is 9.59 Å². The lowest BCUT2D eigenvalue weighted by Gasteiger charge is -2.27. The summed E-state index contributed by atoms with van der Waals surface area (Å²) in [7, 11) is 0. The maximum atomic E-state index is 12.7. The number of likely N-dealkylation sites (tertiary alicyclic amines) is 1. The molecular formula is C18H25N3O2. The molecule has 1 aromatic carbocycles. The van der Waals surface area contributed by atoms with E-state index in [2.05, 4.69) is 10.2 Å². The van der Waals surface area contributed by atoms with Gasteiger partial charge in [0.25, 0.3) is 0 Å². The number of benzene rings is 1. The molecule has 0 radical (unpaired) electrons. The molecule has 0 unspecified atom stereocenters. The van der Waals surface area contributed by atoms with E-state index < -0.39 is 0 Å². The number of amides is 2. The average Bonchev–Trinajstić information content (AvgIpc) is 2.98. The highest BCUT2D eigenvalue weighted by Gasteiger charge is 2.27. The van der Waals surface area contributed by atoms with E-state index in [1.165, 1.54) is 26.2 Å². The Bertz CT molecular complexity index is 594. The van der Waals surface area contributed by atoms with Gasteiger partial charge in [-0.25, -0.2) is 0 Å². The molecule has 1 fully saturated rings. The van der Waals surface area contributed by atoms with Crippen molar-refractivity contribution in [1.82, 2.24) is 4.90 Å². The molecule has 1 aromatic rings. The average molecular weight is 315 g/mol. The topological polar surface area (TPSA) is 52.7 Å². The predicted octanol–water partition coefficient (Wildman–Crippen LogP) is 2.41. The number of hydrogen-bond donors (Lipinski definition) is 1. The van der Waals surface area contributed by atoms with Crippen molar-refractivity contribution in [2.75, 3.05) is 36.4 Å². The van der Waals surface area contributed by atoms with E-state index >= 15 is 0 Å². The van der Waals surface area contributed by atoms with Gasteiger partial charge in [0.15, 0.2) is 0 Å². The zero-order chi connectivity index (χ0) is 16.2. The number of carbonyl (C=O) groups excluding carboxylic acids is 2. The lowest BCUT2D eigenvalue weighted by Crippen LogP contribution is -2.36. The molecular weight excluding hydrogens is 290 g/mol. The van der Waals surface area contributed by atoms with Crippen molar-refractivity contribution in [1.29, 1.82) is 0 Å². The molecule has 2 aliphatic heterocycles. The maximum absolute atomic E-state index is 12.7. The summed E-state index contributed by atoms with van der Waals surface area (Å²) in [4.78, 5) is 28.3. The van der Waals surface area contributed by atoms with Crippen molar-refractivity contribution < 1.29 is 9.59 Å². The summed E-state index contributed by atoms with van der Waals surface area (Å²) >= 11 is 0. The van der Waals surface area contributed by atoms with Crippen molar-refractivity contribution in [2.24, 2.45) is 0 Å². The van der Waals surface area contributed by atoms with Crippen molar-refractivity contribution >= 4 is 23.2 Å².